The molecule has 4 nitrogen and oxygen atoms in total. The summed E-state index contributed by atoms with van der Waals surface area (Å²) in [4.78, 5) is 2.57. The van der Waals surface area contributed by atoms with Gasteiger partial charge in [-0.15, -0.1) is 0 Å². The molecule has 6 heteroatoms. The fourth-order valence-electron chi connectivity index (χ4n) is 12.3. The van der Waals surface area contributed by atoms with Crippen molar-refractivity contribution >= 4 is 129 Å². The third-order valence-corrected chi connectivity index (χ3v) is 13.9. The molecule has 0 N–H and O–H groups in total. The van der Waals surface area contributed by atoms with Crippen LogP contribution in [0, 0.1) is 0 Å². The van der Waals surface area contributed by atoms with Gasteiger partial charge in [-0.3, -0.25) is 0 Å². The quantitative estimate of drug-likeness (QED) is 0.171. The molecule has 0 spiro atoms. The number of fused-ring (bicyclic) bond motifs is 12. The normalized spacial score (nSPS) is 14.6. The van der Waals surface area contributed by atoms with E-state index in [0.29, 0.717) is 0 Å². The number of benzene rings is 8. The van der Waals surface area contributed by atoms with Gasteiger partial charge >= 0.3 is 0 Å². The highest BCUT2D eigenvalue weighted by Crippen LogP contribution is 2.47. The van der Waals surface area contributed by atoms with E-state index in [4.69, 9.17) is 0 Å². The van der Waals surface area contributed by atoms with Crippen molar-refractivity contribution < 1.29 is 0 Å². The highest BCUT2D eigenvalue weighted by Gasteiger charge is 2.54. The largest absolute Gasteiger partial charge is 0.311 e. The van der Waals surface area contributed by atoms with Gasteiger partial charge in [0.2, 0.25) is 0 Å². The molecule has 0 saturated carbocycles. The zero-order valence-electron chi connectivity index (χ0n) is 28.8. The number of hydrogen-bond donors (Lipinski definition) is 0. The Bertz CT molecular complexity index is 3700. The van der Waals surface area contributed by atoms with Crippen LogP contribution in [0.15, 0.2) is 146 Å². The number of nitrogens with zero attached hydrogens (tertiary/aromatic N) is 4. The summed E-state index contributed by atoms with van der Waals surface area (Å²) in [5, 5.41) is 8.01. The maximum Gasteiger partial charge on any atom is 0.251 e. The Balaban J connectivity index is 1.22. The van der Waals surface area contributed by atoms with E-state index in [1.807, 2.05) is 0 Å². The molecule has 16 rings (SSSR count). The lowest BCUT2D eigenvalue weighted by Crippen LogP contribution is -2.80. The van der Waals surface area contributed by atoms with Gasteiger partial charge in [0.15, 0.2) is 0 Å². The van der Waals surface area contributed by atoms with Crippen molar-refractivity contribution in [2.24, 2.45) is 0 Å². The molecule has 8 heterocycles. The molecule has 0 unspecified atom stereocenters. The molecule has 0 radical (unpaired) electrons. The summed E-state index contributed by atoms with van der Waals surface area (Å²) in [5.74, 6) is 0. The monoisotopic (exact) mass is 678 g/mol. The van der Waals surface area contributed by atoms with E-state index >= 15 is 0 Å². The number of aromatic nitrogens is 3. The second-order valence-corrected chi connectivity index (χ2v) is 15.9. The number of para-hydroxylation sites is 4. The Labute approximate surface area is 308 Å². The van der Waals surface area contributed by atoms with Crippen LogP contribution in [0.2, 0.25) is 0 Å². The number of rotatable bonds is 1. The minimum absolute atomic E-state index is 0.105. The molecule has 54 heavy (non-hydrogen) atoms. The molecule has 0 saturated heterocycles. The highest BCUT2D eigenvalue weighted by molar-refractivity contribution is 7.15. The van der Waals surface area contributed by atoms with Gasteiger partial charge in [-0.05, 0) is 99.5 Å². The molecular formula is C48H24B2N4. The van der Waals surface area contributed by atoms with Crippen LogP contribution in [0.4, 0.5) is 17.1 Å². The second-order valence-electron chi connectivity index (χ2n) is 15.9. The van der Waals surface area contributed by atoms with Gasteiger partial charge in [-0.1, -0.05) is 78.9 Å². The first kappa shape index (κ1) is 25.9. The van der Waals surface area contributed by atoms with Crippen molar-refractivity contribution in [1.82, 2.24) is 13.7 Å². The zero-order chi connectivity index (χ0) is 34.3. The fraction of sp³-hybridized carbons (Fsp3) is 0. The Morgan fingerprint density at radius 3 is 1.28 bits per heavy atom. The zero-order valence-corrected chi connectivity index (χ0v) is 28.8. The smallest absolute Gasteiger partial charge is 0.251 e. The molecule has 0 aliphatic carbocycles. The maximum absolute atomic E-state index is 2.64. The summed E-state index contributed by atoms with van der Waals surface area (Å²) in [7, 11) is 0. The van der Waals surface area contributed by atoms with Gasteiger partial charge in [-0.25, -0.2) is 0 Å². The van der Waals surface area contributed by atoms with Gasteiger partial charge in [0.25, 0.3) is 13.4 Å². The van der Waals surface area contributed by atoms with Crippen LogP contribution in [0.1, 0.15) is 0 Å². The SMILES string of the molecule is c1ccc(N2c3ccc4c5c3B3c6c(ccc7c6B5c5c6c(cc8c9ccccc9n-7c58)c5ccccc5n6-4)-n4c5ccccc5c5ccc2c3c54)cc1. The third-order valence-electron chi connectivity index (χ3n) is 13.9. The Morgan fingerprint density at radius 1 is 0.296 bits per heavy atom. The van der Waals surface area contributed by atoms with Crippen LogP contribution in [0.5, 0.6) is 0 Å². The van der Waals surface area contributed by atoms with Gasteiger partial charge in [-0.2, -0.15) is 0 Å². The van der Waals surface area contributed by atoms with Crippen LogP contribution in [0.25, 0.3) is 82.5 Å². The van der Waals surface area contributed by atoms with E-state index in [-0.39, 0.29) is 13.4 Å². The summed E-state index contributed by atoms with van der Waals surface area (Å²) < 4.78 is 7.89. The standard InChI is InChI=1S/C48H24B2N4/c1-2-10-25(11-3-1)51-35-20-21-37-42-40(35)49-41-36(52-32-15-7-4-12-26(32)29-18-19-39(51)44(49)46(29)52)22-23-38-43(41)50(42)45-47-30(27-13-5-8-16-33(27)53(37)47)24-31-28-14-6-9-17-34(28)54(38)48(31)45/h1-24H. The molecule has 0 bridgehead atoms. The third kappa shape index (κ3) is 2.45. The average Bonchev–Trinajstić information content (AvgIpc) is 3.87. The molecule has 5 aliphatic heterocycles. The average molecular weight is 678 g/mol. The van der Waals surface area contributed by atoms with Crippen molar-refractivity contribution in [3.63, 3.8) is 0 Å². The van der Waals surface area contributed by atoms with Gasteiger partial charge in [0.05, 0.1) is 33.1 Å². The van der Waals surface area contributed by atoms with E-state index in [1.54, 1.807) is 0 Å². The Hall–Kier alpha value is -6.91. The topological polar surface area (TPSA) is 18.0 Å². The van der Waals surface area contributed by atoms with Crippen LogP contribution in [0.3, 0.4) is 0 Å². The first-order valence-corrected chi connectivity index (χ1v) is 19.1. The summed E-state index contributed by atoms with van der Waals surface area (Å²) in [5.41, 5.74) is 24.6. The van der Waals surface area contributed by atoms with Crippen molar-refractivity contribution in [2.75, 3.05) is 4.90 Å². The predicted molar refractivity (Wildman–Crippen MR) is 227 cm³/mol. The van der Waals surface area contributed by atoms with Crippen molar-refractivity contribution in [2.45, 2.75) is 0 Å². The molecule has 3 aromatic heterocycles. The molecule has 11 aromatic rings. The lowest BCUT2D eigenvalue weighted by atomic mass is 9.18. The summed E-state index contributed by atoms with van der Waals surface area (Å²) in [6.07, 6.45) is 0. The van der Waals surface area contributed by atoms with E-state index in [2.05, 4.69) is 164 Å². The van der Waals surface area contributed by atoms with Gasteiger partial charge in [0, 0.05) is 66.4 Å². The van der Waals surface area contributed by atoms with Crippen LogP contribution in [-0.2, 0) is 0 Å². The molecule has 242 valence electrons. The first-order valence-electron chi connectivity index (χ1n) is 19.1. The molecule has 5 aliphatic rings. The maximum atomic E-state index is 2.64. The predicted octanol–water partition coefficient (Wildman–Crippen LogP) is 7.05. The Kier molecular flexibility index (Phi) is 3.93. The van der Waals surface area contributed by atoms with Crippen LogP contribution in [-0.4, -0.2) is 27.1 Å². The minimum atomic E-state index is 0.105. The lowest BCUT2D eigenvalue weighted by Gasteiger charge is -2.48. The minimum Gasteiger partial charge on any atom is -0.311 e. The molecule has 0 atom stereocenters. The van der Waals surface area contributed by atoms with E-state index in [1.165, 1.54) is 132 Å². The van der Waals surface area contributed by atoms with Crippen molar-refractivity contribution in [3.05, 3.63) is 146 Å². The van der Waals surface area contributed by atoms with Crippen LogP contribution < -0.4 is 37.7 Å². The number of hydrogen-bond acceptors (Lipinski definition) is 1. The second kappa shape index (κ2) is 8.17. The van der Waals surface area contributed by atoms with Crippen molar-refractivity contribution in [1.29, 1.82) is 0 Å². The first-order chi connectivity index (χ1) is 26.9. The van der Waals surface area contributed by atoms with Crippen LogP contribution >= 0.6 is 0 Å². The van der Waals surface area contributed by atoms with E-state index in [0.717, 1.165) is 0 Å². The van der Waals surface area contributed by atoms with Gasteiger partial charge in [0.1, 0.15) is 0 Å². The lowest BCUT2D eigenvalue weighted by molar-refractivity contribution is 1.14. The van der Waals surface area contributed by atoms with Gasteiger partial charge < -0.3 is 18.6 Å². The molecule has 0 fully saturated rings. The number of anilines is 3. The molecule has 0 amide bonds. The fourth-order valence-corrected chi connectivity index (χ4v) is 12.3. The summed E-state index contributed by atoms with van der Waals surface area (Å²) in [6.45, 7) is 0.214. The van der Waals surface area contributed by atoms with Crippen molar-refractivity contribution in [3.8, 4) is 17.1 Å². The highest BCUT2D eigenvalue weighted by atomic mass is 15.2. The summed E-state index contributed by atoms with van der Waals surface area (Å²) in [6, 6.07) is 55.4. The van der Waals surface area contributed by atoms with E-state index in [9.17, 15) is 0 Å². The Morgan fingerprint density at radius 2 is 0.704 bits per heavy atom. The summed E-state index contributed by atoms with van der Waals surface area (Å²) >= 11 is 0. The molecular weight excluding hydrogens is 654 g/mol. The molecule has 8 aromatic carbocycles. The van der Waals surface area contributed by atoms with E-state index < -0.39 is 0 Å².